The third-order valence-electron chi connectivity index (χ3n) is 3.87. The number of piperazine rings is 1. The normalized spacial score (nSPS) is 23.4. The highest BCUT2D eigenvalue weighted by Crippen LogP contribution is 2.18. The van der Waals surface area contributed by atoms with E-state index in [4.69, 9.17) is 4.84 Å². The summed E-state index contributed by atoms with van der Waals surface area (Å²) in [4.78, 5) is 21.8. The van der Waals surface area contributed by atoms with Crippen LogP contribution in [-0.4, -0.2) is 60.7 Å². The number of amides is 1. The van der Waals surface area contributed by atoms with Crippen molar-refractivity contribution < 1.29 is 9.63 Å². The van der Waals surface area contributed by atoms with Gasteiger partial charge in [-0.3, -0.25) is 4.79 Å². The van der Waals surface area contributed by atoms with Gasteiger partial charge in [-0.2, -0.15) is 0 Å². The first-order valence-corrected chi connectivity index (χ1v) is 6.99. The Labute approximate surface area is 118 Å². The lowest BCUT2D eigenvalue weighted by Crippen LogP contribution is -2.50. The molecule has 2 heterocycles. The zero-order valence-electron chi connectivity index (χ0n) is 11.7. The molecule has 2 aliphatic heterocycles. The SMILES string of the molecule is CN1CCN(C(=O)C2CC(c3ccccc3)=NO2)CC1. The molecule has 1 fully saturated rings. The van der Waals surface area contributed by atoms with E-state index in [2.05, 4.69) is 17.1 Å². The summed E-state index contributed by atoms with van der Waals surface area (Å²) in [6.45, 7) is 3.39. The highest BCUT2D eigenvalue weighted by molar-refractivity contribution is 6.04. The van der Waals surface area contributed by atoms with Crippen molar-refractivity contribution in [1.82, 2.24) is 9.80 Å². The van der Waals surface area contributed by atoms with Crippen LogP contribution in [-0.2, 0) is 9.63 Å². The van der Waals surface area contributed by atoms with Crippen LogP contribution >= 0.6 is 0 Å². The van der Waals surface area contributed by atoms with Crippen LogP contribution in [0.25, 0.3) is 0 Å². The topological polar surface area (TPSA) is 45.1 Å². The highest BCUT2D eigenvalue weighted by Gasteiger charge is 2.33. The maximum absolute atomic E-state index is 12.4. The van der Waals surface area contributed by atoms with E-state index in [1.807, 2.05) is 35.2 Å². The predicted molar refractivity (Wildman–Crippen MR) is 76.5 cm³/mol. The largest absolute Gasteiger partial charge is 0.382 e. The summed E-state index contributed by atoms with van der Waals surface area (Å²) in [6.07, 6.45) is 0.114. The summed E-state index contributed by atoms with van der Waals surface area (Å²) < 4.78 is 0. The van der Waals surface area contributed by atoms with Crippen molar-refractivity contribution in [2.75, 3.05) is 33.2 Å². The molecule has 2 aliphatic rings. The van der Waals surface area contributed by atoms with Gasteiger partial charge in [-0.1, -0.05) is 35.5 Å². The average Bonchev–Trinajstić information content (AvgIpc) is 2.98. The van der Waals surface area contributed by atoms with Gasteiger partial charge < -0.3 is 14.6 Å². The van der Waals surface area contributed by atoms with Gasteiger partial charge in [-0.25, -0.2) is 0 Å². The Morgan fingerprint density at radius 2 is 1.90 bits per heavy atom. The second-order valence-corrected chi connectivity index (χ2v) is 5.33. The van der Waals surface area contributed by atoms with E-state index in [1.54, 1.807) is 0 Å². The Bertz CT molecular complexity index is 507. The van der Waals surface area contributed by atoms with Crippen LogP contribution in [0.15, 0.2) is 35.5 Å². The summed E-state index contributed by atoms with van der Waals surface area (Å²) in [5, 5.41) is 4.08. The van der Waals surface area contributed by atoms with Crippen molar-refractivity contribution in [3.05, 3.63) is 35.9 Å². The van der Waals surface area contributed by atoms with Gasteiger partial charge in [0.1, 0.15) is 0 Å². The minimum atomic E-state index is -0.450. The molecule has 5 nitrogen and oxygen atoms in total. The first-order chi connectivity index (χ1) is 9.74. The zero-order chi connectivity index (χ0) is 13.9. The minimum absolute atomic E-state index is 0.0628. The third kappa shape index (κ3) is 2.67. The van der Waals surface area contributed by atoms with Crippen LogP contribution < -0.4 is 0 Å². The summed E-state index contributed by atoms with van der Waals surface area (Å²) in [6, 6.07) is 9.88. The Balaban J connectivity index is 1.60. The first kappa shape index (κ1) is 13.1. The second-order valence-electron chi connectivity index (χ2n) is 5.33. The molecule has 3 rings (SSSR count). The van der Waals surface area contributed by atoms with Crippen LogP contribution in [0.3, 0.4) is 0 Å². The van der Waals surface area contributed by atoms with Gasteiger partial charge in [0.25, 0.3) is 5.91 Å². The van der Waals surface area contributed by atoms with Crippen LogP contribution in [0.4, 0.5) is 0 Å². The van der Waals surface area contributed by atoms with E-state index in [9.17, 15) is 4.79 Å². The van der Waals surface area contributed by atoms with Gasteiger partial charge in [0.15, 0.2) is 0 Å². The van der Waals surface area contributed by atoms with Gasteiger partial charge in [-0.15, -0.1) is 0 Å². The third-order valence-corrected chi connectivity index (χ3v) is 3.87. The van der Waals surface area contributed by atoms with E-state index in [1.165, 1.54) is 0 Å². The lowest BCUT2D eigenvalue weighted by Gasteiger charge is -2.33. The molecule has 0 spiro atoms. The highest BCUT2D eigenvalue weighted by atomic mass is 16.6. The molecular formula is C15H19N3O2. The molecule has 106 valence electrons. The van der Waals surface area contributed by atoms with Gasteiger partial charge in [-0.05, 0) is 12.6 Å². The lowest BCUT2D eigenvalue weighted by molar-refractivity contribution is -0.143. The van der Waals surface area contributed by atoms with Crippen LogP contribution in [0.1, 0.15) is 12.0 Å². The van der Waals surface area contributed by atoms with Crippen LogP contribution in [0.5, 0.6) is 0 Å². The number of benzene rings is 1. The van der Waals surface area contributed by atoms with Gasteiger partial charge >= 0.3 is 0 Å². The molecule has 1 saturated heterocycles. The van der Waals surface area contributed by atoms with E-state index < -0.39 is 6.10 Å². The molecule has 1 atom stereocenters. The van der Waals surface area contributed by atoms with Gasteiger partial charge in [0, 0.05) is 32.6 Å². The molecule has 0 saturated carbocycles. The van der Waals surface area contributed by atoms with Gasteiger partial charge in [0.05, 0.1) is 5.71 Å². The summed E-state index contributed by atoms with van der Waals surface area (Å²) >= 11 is 0. The number of carbonyl (C=O) groups is 1. The predicted octanol–water partition coefficient (Wildman–Crippen LogP) is 0.954. The fraction of sp³-hybridized carbons (Fsp3) is 0.467. The first-order valence-electron chi connectivity index (χ1n) is 6.99. The number of hydrogen-bond acceptors (Lipinski definition) is 4. The number of hydrogen-bond donors (Lipinski definition) is 0. The maximum Gasteiger partial charge on any atom is 0.266 e. The maximum atomic E-state index is 12.4. The monoisotopic (exact) mass is 273 g/mol. The van der Waals surface area contributed by atoms with Crippen molar-refractivity contribution in [3.8, 4) is 0 Å². The lowest BCUT2D eigenvalue weighted by atomic mass is 10.0. The Morgan fingerprint density at radius 1 is 1.20 bits per heavy atom. The molecule has 1 aromatic carbocycles. The number of nitrogens with zero attached hydrogens (tertiary/aromatic N) is 3. The molecule has 0 radical (unpaired) electrons. The van der Waals surface area contributed by atoms with Crippen molar-refractivity contribution in [2.24, 2.45) is 5.16 Å². The molecule has 5 heteroatoms. The Hall–Kier alpha value is -1.88. The van der Waals surface area contributed by atoms with E-state index in [-0.39, 0.29) is 5.91 Å². The fourth-order valence-corrected chi connectivity index (χ4v) is 2.54. The van der Waals surface area contributed by atoms with Crippen LogP contribution in [0, 0.1) is 0 Å². The molecular weight excluding hydrogens is 254 g/mol. The second kappa shape index (κ2) is 5.63. The van der Waals surface area contributed by atoms with E-state index >= 15 is 0 Å². The van der Waals surface area contributed by atoms with Crippen molar-refractivity contribution in [2.45, 2.75) is 12.5 Å². The van der Waals surface area contributed by atoms with Crippen molar-refractivity contribution in [1.29, 1.82) is 0 Å². The molecule has 0 bridgehead atoms. The molecule has 0 N–H and O–H groups in total. The van der Waals surface area contributed by atoms with Crippen LogP contribution in [0.2, 0.25) is 0 Å². The number of likely N-dealkylation sites (N-methyl/N-ethyl adjacent to an activating group) is 1. The van der Waals surface area contributed by atoms with Crippen molar-refractivity contribution in [3.63, 3.8) is 0 Å². The molecule has 0 aromatic heterocycles. The Kier molecular flexibility index (Phi) is 3.69. The summed E-state index contributed by atoms with van der Waals surface area (Å²) in [5.74, 6) is 0.0628. The Morgan fingerprint density at radius 3 is 2.60 bits per heavy atom. The fourth-order valence-electron chi connectivity index (χ4n) is 2.54. The van der Waals surface area contributed by atoms with E-state index in [0.717, 1.165) is 37.5 Å². The molecule has 1 aromatic rings. The minimum Gasteiger partial charge on any atom is -0.382 e. The number of carbonyl (C=O) groups excluding carboxylic acids is 1. The molecule has 1 amide bonds. The molecule has 1 unspecified atom stereocenters. The molecule has 20 heavy (non-hydrogen) atoms. The standard InChI is InChI=1S/C15H19N3O2/c1-17-7-9-18(10-8-17)15(19)14-11-13(16-20-14)12-5-3-2-4-6-12/h2-6,14H,7-11H2,1H3. The average molecular weight is 273 g/mol. The summed E-state index contributed by atoms with van der Waals surface area (Å²) in [5.41, 5.74) is 1.89. The summed E-state index contributed by atoms with van der Waals surface area (Å²) in [7, 11) is 2.07. The van der Waals surface area contributed by atoms with Gasteiger partial charge in [0.2, 0.25) is 6.10 Å². The zero-order valence-corrected chi connectivity index (χ0v) is 11.7. The molecule has 0 aliphatic carbocycles. The number of oxime groups is 1. The number of rotatable bonds is 2. The van der Waals surface area contributed by atoms with E-state index in [0.29, 0.717) is 6.42 Å². The quantitative estimate of drug-likeness (QED) is 0.806. The van der Waals surface area contributed by atoms with Crippen molar-refractivity contribution >= 4 is 11.6 Å². The smallest absolute Gasteiger partial charge is 0.266 e.